The summed E-state index contributed by atoms with van der Waals surface area (Å²) in [5.74, 6) is -1.26. The van der Waals surface area contributed by atoms with Crippen LogP contribution in [0.2, 0.25) is 0 Å². The van der Waals surface area contributed by atoms with Crippen molar-refractivity contribution in [2.24, 2.45) is 0 Å². The van der Waals surface area contributed by atoms with Gasteiger partial charge in [0.2, 0.25) is 0 Å². The number of rotatable bonds is 5. The topological polar surface area (TPSA) is 63.6 Å². The van der Waals surface area contributed by atoms with E-state index in [-0.39, 0.29) is 6.42 Å². The van der Waals surface area contributed by atoms with Crippen molar-refractivity contribution in [3.05, 3.63) is 33.8 Å². The number of carbonyl (C=O) groups excluding carboxylic acids is 1. The lowest BCUT2D eigenvalue weighted by atomic mass is 10.1. The van der Waals surface area contributed by atoms with Crippen molar-refractivity contribution < 1.29 is 19.4 Å². The van der Waals surface area contributed by atoms with E-state index in [0.29, 0.717) is 23.1 Å². The first kappa shape index (κ1) is 13.7. The van der Waals surface area contributed by atoms with E-state index in [4.69, 9.17) is 9.84 Å². The van der Waals surface area contributed by atoms with Crippen LogP contribution in [0, 0.1) is 0 Å². The van der Waals surface area contributed by atoms with Crippen LogP contribution in [-0.4, -0.2) is 23.7 Å². The van der Waals surface area contributed by atoms with Gasteiger partial charge in [-0.1, -0.05) is 6.07 Å². The number of hydrogen-bond acceptors (Lipinski definition) is 3. The molecule has 0 aliphatic rings. The molecule has 0 spiro atoms. The van der Waals surface area contributed by atoms with E-state index in [0.717, 1.165) is 5.56 Å². The predicted molar refractivity (Wildman–Crippen MR) is 66.1 cm³/mol. The molecule has 0 atom stereocenters. The van der Waals surface area contributed by atoms with Crippen LogP contribution >= 0.6 is 15.9 Å². The zero-order chi connectivity index (χ0) is 12.8. The zero-order valence-corrected chi connectivity index (χ0v) is 11.0. The average molecular weight is 301 g/mol. The van der Waals surface area contributed by atoms with Crippen molar-refractivity contribution in [3.63, 3.8) is 0 Å². The number of carboxylic acid groups (broad SMARTS) is 1. The molecule has 4 nitrogen and oxygen atoms in total. The van der Waals surface area contributed by atoms with Crippen LogP contribution in [0.15, 0.2) is 22.7 Å². The minimum absolute atomic E-state index is 0.0455. The highest BCUT2D eigenvalue weighted by atomic mass is 79.9. The van der Waals surface area contributed by atoms with Crippen molar-refractivity contribution >= 4 is 27.9 Å². The molecular weight excluding hydrogens is 288 g/mol. The summed E-state index contributed by atoms with van der Waals surface area (Å²) < 4.78 is 5.55. The first-order chi connectivity index (χ1) is 8.04. The number of halogens is 1. The van der Waals surface area contributed by atoms with Crippen molar-refractivity contribution in [2.75, 3.05) is 6.61 Å². The van der Waals surface area contributed by atoms with Gasteiger partial charge in [0.25, 0.3) is 0 Å². The van der Waals surface area contributed by atoms with Gasteiger partial charge in [0.05, 0.1) is 12.2 Å². The highest BCUT2D eigenvalue weighted by Gasteiger charge is 2.12. The number of benzene rings is 1. The zero-order valence-electron chi connectivity index (χ0n) is 9.40. The third kappa shape index (κ3) is 4.19. The molecule has 0 aromatic heterocycles. The van der Waals surface area contributed by atoms with Crippen LogP contribution in [-0.2, 0) is 16.0 Å². The number of aliphatic carboxylic acids is 1. The number of aryl methyl sites for hydroxylation is 1. The van der Waals surface area contributed by atoms with Crippen molar-refractivity contribution in [3.8, 4) is 0 Å². The van der Waals surface area contributed by atoms with Crippen molar-refractivity contribution in [2.45, 2.75) is 19.8 Å². The van der Waals surface area contributed by atoms with E-state index in [1.165, 1.54) is 0 Å². The van der Waals surface area contributed by atoms with Gasteiger partial charge in [-0.05, 0) is 47.0 Å². The number of carbonyl (C=O) groups is 2. The Labute approximate surface area is 108 Å². The highest BCUT2D eigenvalue weighted by Crippen LogP contribution is 2.20. The summed E-state index contributed by atoms with van der Waals surface area (Å²) in [4.78, 5) is 22.0. The Morgan fingerprint density at radius 2 is 2.12 bits per heavy atom. The number of ether oxygens (including phenoxy) is 1. The van der Waals surface area contributed by atoms with Crippen molar-refractivity contribution in [1.82, 2.24) is 0 Å². The number of hydrogen-bond donors (Lipinski definition) is 1. The molecule has 1 rings (SSSR count). The lowest BCUT2D eigenvalue weighted by Crippen LogP contribution is -2.06. The molecule has 0 heterocycles. The number of carboxylic acids is 1. The van der Waals surface area contributed by atoms with Crippen LogP contribution in [0.1, 0.15) is 29.3 Å². The molecule has 0 fully saturated rings. The molecule has 0 unspecified atom stereocenters. The third-order valence-corrected chi connectivity index (χ3v) is 2.85. The minimum Gasteiger partial charge on any atom is -0.481 e. The Bertz CT molecular complexity index is 429. The second-order valence-electron chi connectivity index (χ2n) is 3.43. The van der Waals surface area contributed by atoms with E-state index in [9.17, 15) is 9.59 Å². The first-order valence-corrected chi connectivity index (χ1v) is 6.01. The van der Waals surface area contributed by atoms with E-state index >= 15 is 0 Å². The lowest BCUT2D eigenvalue weighted by molar-refractivity contribution is -0.136. The second kappa shape index (κ2) is 6.39. The molecule has 0 aliphatic heterocycles. The summed E-state index contributed by atoms with van der Waals surface area (Å²) in [5.41, 5.74) is 1.23. The van der Waals surface area contributed by atoms with Gasteiger partial charge in [0, 0.05) is 10.9 Å². The average Bonchev–Trinajstić information content (AvgIpc) is 2.28. The smallest absolute Gasteiger partial charge is 0.339 e. The maximum absolute atomic E-state index is 11.6. The summed E-state index contributed by atoms with van der Waals surface area (Å²) in [7, 11) is 0. The van der Waals surface area contributed by atoms with Gasteiger partial charge in [-0.25, -0.2) is 4.79 Å². The number of esters is 1. The largest absolute Gasteiger partial charge is 0.481 e. The van der Waals surface area contributed by atoms with Crippen LogP contribution in [0.5, 0.6) is 0 Å². The standard InChI is InChI=1S/C12H13BrO4/c1-2-17-12(16)9-7-8(3-5-10(9)13)4-6-11(14)15/h3,5,7H,2,4,6H2,1H3,(H,14,15). The molecule has 0 amide bonds. The van der Waals surface area contributed by atoms with E-state index in [2.05, 4.69) is 15.9 Å². The van der Waals surface area contributed by atoms with Gasteiger partial charge in [0.15, 0.2) is 0 Å². The maximum atomic E-state index is 11.6. The molecule has 17 heavy (non-hydrogen) atoms. The highest BCUT2D eigenvalue weighted by molar-refractivity contribution is 9.10. The molecule has 92 valence electrons. The van der Waals surface area contributed by atoms with Crippen molar-refractivity contribution in [1.29, 1.82) is 0 Å². The van der Waals surface area contributed by atoms with Crippen LogP contribution < -0.4 is 0 Å². The van der Waals surface area contributed by atoms with Gasteiger partial charge in [-0.3, -0.25) is 4.79 Å². The Morgan fingerprint density at radius 1 is 1.41 bits per heavy atom. The maximum Gasteiger partial charge on any atom is 0.339 e. The van der Waals surface area contributed by atoms with Crippen LogP contribution in [0.3, 0.4) is 0 Å². The quantitative estimate of drug-likeness (QED) is 0.849. The Hall–Kier alpha value is -1.36. The molecule has 0 bridgehead atoms. The summed E-state index contributed by atoms with van der Waals surface area (Å²) in [6.45, 7) is 2.05. The predicted octanol–water partition coefficient (Wildman–Crippen LogP) is 2.64. The van der Waals surface area contributed by atoms with Gasteiger partial charge in [-0.2, -0.15) is 0 Å². The van der Waals surface area contributed by atoms with Gasteiger partial charge in [-0.15, -0.1) is 0 Å². The van der Waals surface area contributed by atoms with Gasteiger partial charge >= 0.3 is 11.9 Å². The summed E-state index contributed by atoms with van der Waals surface area (Å²) in [5, 5.41) is 8.59. The van der Waals surface area contributed by atoms with E-state index in [1.807, 2.05) is 0 Å². The van der Waals surface area contributed by atoms with E-state index < -0.39 is 11.9 Å². The van der Waals surface area contributed by atoms with Crippen LogP contribution in [0.25, 0.3) is 0 Å². The van der Waals surface area contributed by atoms with E-state index in [1.54, 1.807) is 25.1 Å². The fourth-order valence-electron chi connectivity index (χ4n) is 1.34. The molecule has 1 aromatic carbocycles. The summed E-state index contributed by atoms with van der Waals surface area (Å²) in [6, 6.07) is 5.17. The molecular formula is C12H13BrO4. The molecule has 1 N–H and O–H groups in total. The fraction of sp³-hybridized carbons (Fsp3) is 0.333. The SMILES string of the molecule is CCOC(=O)c1cc(CCC(=O)O)ccc1Br. The first-order valence-electron chi connectivity index (χ1n) is 5.22. The summed E-state index contributed by atoms with van der Waals surface area (Å²) >= 11 is 3.26. The van der Waals surface area contributed by atoms with Gasteiger partial charge < -0.3 is 9.84 Å². The molecule has 1 aromatic rings. The van der Waals surface area contributed by atoms with Crippen LogP contribution in [0.4, 0.5) is 0 Å². The van der Waals surface area contributed by atoms with Gasteiger partial charge in [0.1, 0.15) is 0 Å². The normalized spacial score (nSPS) is 10.0. The molecule has 0 aliphatic carbocycles. The Kier molecular flexibility index (Phi) is 5.15. The monoisotopic (exact) mass is 300 g/mol. The molecule has 0 saturated heterocycles. The molecule has 0 radical (unpaired) electrons. The fourth-order valence-corrected chi connectivity index (χ4v) is 1.75. The Morgan fingerprint density at radius 3 is 2.71 bits per heavy atom. The summed E-state index contributed by atoms with van der Waals surface area (Å²) in [6.07, 6.45) is 0.443. The molecule has 5 heteroatoms. The Balaban J connectivity index is 2.86. The molecule has 0 saturated carbocycles. The second-order valence-corrected chi connectivity index (χ2v) is 4.28. The minimum atomic E-state index is -0.856. The lowest BCUT2D eigenvalue weighted by Gasteiger charge is -2.06. The third-order valence-electron chi connectivity index (χ3n) is 2.15.